The Morgan fingerprint density at radius 2 is 1.90 bits per heavy atom. The second-order valence-corrected chi connectivity index (χ2v) is 8.33. The largest absolute Gasteiger partial charge is 0.416 e. The van der Waals surface area contributed by atoms with Crippen molar-refractivity contribution >= 4 is 39.3 Å². The molecule has 4 nitrogen and oxygen atoms in total. The molecule has 1 heterocycles. The Balaban J connectivity index is 1.51. The molecule has 3 rings (SSSR count). The molecule has 1 aromatic heterocycles. The van der Waals surface area contributed by atoms with Crippen molar-refractivity contribution < 1.29 is 18.0 Å². The van der Waals surface area contributed by atoms with Crippen molar-refractivity contribution in [1.29, 1.82) is 0 Å². The molecule has 0 radical (unpaired) electrons. The smallest absolute Gasteiger partial charge is 0.370 e. The molecule has 1 aliphatic rings. The first-order valence-electron chi connectivity index (χ1n) is 9.26. The molecule has 1 amide bonds. The number of halogens is 5. The average Bonchev–Trinajstić information content (AvgIpc) is 2.67. The Hall–Kier alpha value is -1.80. The van der Waals surface area contributed by atoms with E-state index in [0.29, 0.717) is 5.92 Å². The van der Waals surface area contributed by atoms with Gasteiger partial charge in [0.15, 0.2) is 0 Å². The zero-order valence-electron chi connectivity index (χ0n) is 15.4. The quantitative estimate of drug-likeness (QED) is 0.512. The predicted molar refractivity (Wildman–Crippen MR) is 110 cm³/mol. The lowest BCUT2D eigenvalue weighted by Crippen LogP contribution is -2.38. The summed E-state index contributed by atoms with van der Waals surface area (Å²) in [5.41, 5.74) is -1.03. The van der Waals surface area contributed by atoms with Crippen LogP contribution >= 0.6 is 27.5 Å². The van der Waals surface area contributed by atoms with Gasteiger partial charge in [0.25, 0.3) is 5.91 Å². The first kappa shape index (κ1) is 21.9. The first-order valence-corrected chi connectivity index (χ1v) is 10.4. The van der Waals surface area contributed by atoms with Crippen molar-refractivity contribution in [1.82, 2.24) is 10.3 Å². The van der Waals surface area contributed by atoms with E-state index >= 15 is 0 Å². The molecule has 0 aliphatic heterocycles. The van der Waals surface area contributed by atoms with Crippen molar-refractivity contribution in [2.24, 2.45) is 5.92 Å². The summed E-state index contributed by atoms with van der Waals surface area (Å²) in [6.07, 6.45) is -1.18. The maximum Gasteiger partial charge on any atom is 0.416 e. The van der Waals surface area contributed by atoms with E-state index in [4.69, 9.17) is 11.6 Å². The second kappa shape index (κ2) is 9.34. The molecule has 29 heavy (non-hydrogen) atoms. The zero-order valence-corrected chi connectivity index (χ0v) is 17.7. The van der Waals surface area contributed by atoms with Gasteiger partial charge in [-0.05, 0) is 77.9 Å². The summed E-state index contributed by atoms with van der Waals surface area (Å²) in [6.45, 7) is 0.781. The molecule has 2 N–H and O–H groups in total. The molecule has 2 aromatic rings. The van der Waals surface area contributed by atoms with Crippen LogP contribution in [0.25, 0.3) is 0 Å². The van der Waals surface area contributed by atoms with Crippen molar-refractivity contribution in [2.45, 2.75) is 37.9 Å². The number of aromatic nitrogens is 1. The fourth-order valence-corrected chi connectivity index (χ4v) is 3.95. The molecular weight excluding hydrogens is 471 g/mol. The van der Waals surface area contributed by atoms with E-state index in [1.54, 1.807) is 0 Å². The van der Waals surface area contributed by atoms with Crippen LogP contribution in [0.2, 0.25) is 5.02 Å². The van der Waals surface area contributed by atoms with Gasteiger partial charge in [-0.1, -0.05) is 17.7 Å². The predicted octanol–water partition coefficient (Wildman–Crippen LogP) is 5.92. The molecule has 156 valence electrons. The van der Waals surface area contributed by atoms with E-state index in [1.165, 1.54) is 0 Å². The number of pyridine rings is 1. The Morgan fingerprint density at radius 1 is 1.17 bits per heavy atom. The summed E-state index contributed by atoms with van der Waals surface area (Å²) in [4.78, 5) is 16.8. The number of amides is 1. The SMILES string of the molecule is O=C(N[C@H]1CC[C@H](CNc2cccc(Br)n2)CC1)c1cc(C(F)(F)F)ccc1Cl. The van der Waals surface area contributed by atoms with Gasteiger partial charge in [0.2, 0.25) is 0 Å². The minimum absolute atomic E-state index is 0.00917. The lowest BCUT2D eigenvalue weighted by atomic mass is 9.86. The highest BCUT2D eigenvalue weighted by Crippen LogP contribution is 2.32. The molecule has 1 saturated carbocycles. The summed E-state index contributed by atoms with van der Waals surface area (Å²) in [6, 6.07) is 8.37. The monoisotopic (exact) mass is 489 g/mol. The minimum Gasteiger partial charge on any atom is -0.370 e. The van der Waals surface area contributed by atoms with Gasteiger partial charge in [-0.2, -0.15) is 13.2 Å². The van der Waals surface area contributed by atoms with Gasteiger partial charge in [-0.15, -0.1) is 0 Å². The first-order chi connectivity index (χ1) is 13.7. The summed E-state index contributed by atoms with van der Waals surface area (Å²) in [5, 5.41) is 6.15. The second-order valence-electron chi connectivity index (χ2n) is 7.11. The van der Waals surface area contributed by atoms with Crippen molar-refractivity contribution in [3.05, 3.63) is 57.2 Å². The number of alkyl halides is 3. The number of nitrogens with zero attached hydrogens (tertiary/aromatic N) is 1. The van der Waals surface area contributed by atoms with Crippen LogP contribution < -0.4 is 10.6 Å². The fraction of sp³-hybridized carbons (Fsp3) is 0.400. The molecular formula is C20H20BrClF3N3O. The van der Waals surface area contributed by atoms with E-state index in [9.17, 15) is 18.0 Å². The van der Waals surface area contributed by atoms with E-state index in [1.807, 2.05) is 18.2 Å². The van der Waals surface area contributed by atoms with Crippen LogP contribution in [0.1, 0.15) is 41.6 Å². The maximum absolute atomic E-state index is 12.9. The van der Waals surface area contributed by atoms with E-state index in [-0.39, 0.29) is 16.6 Å². The fourth-order valence-electron chi connectivity index (χ4n) is 3.41. The molecule has 0 unspecified atom stereocenters. The third kappa shape index (κ3) is 6.09. The highest BCUT2D eigenvalue weighted by molar-refractivity contribution is 9.10. The number of carbonyl (C=O) groups is 1. The van der Waals surface area contributed by atoms with Crippen LogP contribution in [0.4, 0.5) is 19.0 Å². The van der Waals surface area contributed by atoms with E-state index < -0.39 is 17.6 Å². The van der Waals surface area contributed by atoms with Crippen molar-refractivity contribution in [2.75, 3.05) is 11.9 Å². The van der Waals surface area contributed by atoms with Crippen molar-refractivity contribution in [3.63, 3.8) is 0 Å². The number of anilines is 1. The number of hydrogen-bond donors (Lipinski definition) is 2. The van der Waals surface area contributed by atoms with Gasteiger partial charge in [0, 0.05) is 12.6 Å². The van der Waals surface area contributed by atoms with Crippen molar-refractivity contribution in [3.8, 4) is 0 Å². The van der Waals surface area contributed by atoms with Gasteiger partial charge in [-0.3, -0.25) is 4.79 Å². The third-order valence-electron chi connectivity index (χ3n) is 5.01. The Morgan fingerprint density at radius 3 is 2.55 bits per heavy atom. The Kier molecular flexibility index (Phi) is 7.05. The van der Waals surface area contributed by atoms with Gasteiger partial charge in [0.05, 0.1) is 16.1 Å². The van der Waals surface area contributed by atoms with Gasteiger partial charge >= 0.3 is 6.18 Å². The number of nitrogens with one attached hydrogen (secondary N) is 2. The van der Waals surface area contributed by atoms with Gasteiger partial charge in [-0.25, -0.2) is 4.98 Å². The van der Waals surface area contributed by atoms with Crippen LogP contribution in [0, 0.1) is 5.92 Å². The summed E-state index contributed by atoms with van der Waals surface area (Å²) >= 11 is 9.28. The number of rotatable bonds is 5. The zero-order chi connectivity index (χ0) is 21.0. The van der Waals surface area contributed by atoms with E-state index in [0.717, 1.165) is 60.8 Å². The van der Waals surface area contributed by atoms with Gasteiger partial charge < -0.3 is 10.6 Å². The van der Waals surface area contributed by atoms with E-state index in [2.05, 4.69) is 31.5 Å². The van der Waals surface area contributed by atoms with Crippen LogP contribution in [0.3, 0.4) is 0 Å². The highest BCUT2D eigenvalue weighted by atomic mass is 79.9. The molecule has 0 spiro atoms. The molecule has 0 bridgehead atoms. The molecule has 0 saturated heterocycles. The number of hydrogen-bond acceptors (Lipinski definition) is 3. The minimum atomic E-state index is -4.52. The molecule has 1 aliphatic carbocycles. The summed E-state index contributed by atoms with van der Waals surface area (Å²) in [7, 11) is 0. The normalized spacial score (nSPS) is 19.6. The molecule has 1 aromatic carbocycles. The lowest BCUT2D eigenvalue weighted by Gasteiger charge is -2.29. The topological polar surface area (TPSA) is 54.0 Å². The summed E-state index contributed by atoms with van der Waals surface area (Å²) in [5.74, 6) is 0.677. The Bertz CT molecular complexity index is 870. The van der Waals surface area contributed by atoms with Gasteiger partial charge in [0.1, 0.15) is 10.4 Å². The highest BCUT2D eigenvalue weighted by Gasteiger charge is 2.32. The average molecular weight is 491 g/mol. The standard InChI is InChI=1S/C20H20BrClF3N3O/c21-17-2-1-3-18(28-17)26-11-12-4-7-14(8-5-12)27-19(29)15-10-13(20(23,24)25)6-9-16(15)22/h1-3,6,9-10,12,14H,4-5,7-8,11H2,(H,26,28)(H,27,29)/t12-,14-. The molecule has 0 atom stereocenters. The molecule has 1 fully saturated rings. The Labute approximate surface area is 180 Å². The molecule has 9 heteroatoms. The van der Waals surface area contributed by atoms with Crippen LogP contribution in [-0.2, 0) is 6.18 Å². The van der Waals surface area contributed by atoms with Crippen LogP contribution in [-0.4, -0.2) is 23.5 Å². The number of benzene rings is 1. The lowest BCUT2D eigenvalue weighted by molar-refractivity contribution is -0.137. The van der Waals surface area contributed by atoms with Crippen LogP contribution in [0.5, 0.6) is 0 Å². The van der Waals surface area contributed by atoms with Crippen LogP contribution in [0.15, 0.2) is 41.0 Å². The third-order valence-corrected chi connectivity index (χ3v) is 5.78. The number of carbonyl (C=O) groups excluding carboxylic acids is 1. The maximum atomic E-state index is 12.9. The summed E-state index contributed by atoms with van der Waals surface area (Å²) < 4.78 is 39.4.